The maximum Gasteiger partial charge on any atom is 0.139 e. The van der Waals surface area contributed by atoms with Gasteiger partial charge < -0.3 is 10.5 Å². The predicted octanol–water partition coefficient (Wildman–Crippen LogP) is 2.86. The zero-order valence-electron chi connectivity index (χ0n) is 9.53. The van der Waals surface area contributed by atoms with Crippen molar-refractivity contribution < 1.29 is 4.74 Å². The van der Waals surface area contributed by atoms with Gasteiger partial charge in [-0.05, 0) is 37.8 Å². The molecule has 0 amide bonds. The molecule has 0 aromatic heterocycles. The zero-order chi connectivity index (χ0) is 12.3. The third-order valence-electron chi connectivity index (χ3n) is 3.10. The van der Waals surface area contributed by atoms with E-state index in [1.165, 1.54) is 0 Å². The molecule has 1 saturated carbocycles. The molecule has 4 heteroatoms. The Kier molecular flexibility index (Phi) is 3.88. The van der Waals surface area contributed by atoms with Gasteiger partial charge >= 0.3 is 0 Å². The van der Waals surface area contributed by atoms with E-state index in [-0.39, 0.29) is 6.10 Å². The van der Waals surface area contributed by atoms with Gasteiger partial charge in [0, 0.05) is 6.04 Å². The summed E-state index contributed by atoms with van der Waals surface area (Å²) in [5.74, 6) is 0.603. The fourth-order valence-corrected chi connectivity index (χ4v) is 2.29. The largest absolute Gasteiger partial charge is 0.489 e. The number of halogens is 1. The monoisotopic (exact) mass is 250 g/mol. The molecule has 1 aliphatic carbocycles. The van der Waals surface area contributed by atoms with Crippen LogP contribution in [0.5, 0.6) is 5.75 Å². The number of hydrogen-bond donors (Lipinski definition) is 1. The summed E-state index contributed by atoms with van der Waals surface area (Å²) < 4.78 is 5.84. The van der Waals surface area contributed by atoms with Crippen molar-refractivity contribution in [3.8, 4) is 11.8 Å². The van der Waals surface area contributed by atoms with Crippen LogP contribution in [0.25, 0.3) is 0 Å². The molecule has 0 radical (unpaired) electrons. The SMILES string of the molecule is N#Cc1cccc(OC2CCC(N)CC2)c1Cl. The van der Waals surface area contributed by atoms with Gasteiger partial charge in [0.05, 0.1) is 11.7 Å². The average Bonchev–Trinajstić information content (AvgIpc) is 2.35. The quantitative estimate of drug-likeness (QED) is 0.878. The Morgan fingerprint density at radius 2 is 2.00 bits per heavy atom. The first-order chi connectivity index (χ1) is 8.20. The summed E-state index contributed by atoms with van der Waals surface area (Å²) in [5, 5.41) is 9.28. The van der Waals surface area contributed by atoms with Crippen LogP contribution in [0.3, 0.4) is 0 Å². The topological polar surface area (TPSA) is 59.0 Å². The summed E-state index contributed by atoms with van der Waals surface area (Å²) in [7, 11) is 0. The molecule has 17 heavy (non-hydrogen) atoms. The van der Waals surface area contributed by atoms with Crippen LogP contribution in [0.1, 0.15) is 31.2 Å². The minimum atomic E-state index is 0.168. The Labute approximate surface area is 106 Å². The van der Waals surface area contributed by atoms with Gasteiger partial charge in [0.25, 0.3) is 0 Å². The minimum absolute atomic E-state index is 0.168. The molecule has 0 saturated heterocycles. The number of nitrogens with zero attached hydrogens (tertiary/aromatic N) is 1. The van der Waals surface area contributed by atoms with Crippen LogP contribution in [0.2, 0.25) is 5.02 Å². The van der Waals surface area contributed by atoms with Gasteiger partial charge in [-0.2, -0.15) is 5.26 Å². The number of benzene rings is 1. The lowest BCUT2D eigenvalue weighted by Crippen LogP contribution is -2.31. The van der Waals surface area contributed by atoms with E-state index < -0.39 is 0 Å². The first-order valence-electron chi connectivity index (χ1n) is 5.81. The first kappa shape index (κ1) is 12.2. The van der Waals surface area contributed by atoms with E-state index >= 15 is 0 Å². The van der Waals surface area contributed by atoms with Gasteiger partial charge in [0.2, 0.25) is 0 Å². The highest BCUT2D eigenvalue weighted by atomic mass is 35.5. The number of nitrogens with two attached hydrogens (primary N) is 1. The standard InChI is InChI=1S/C13H15ClN2O/c14-13-9(8-15)2-1-3-12(13)17-11-6-4-10(16)5-7-11/h1-3,10-11H,4-7,16H2. The normalized spacial score (nSPS) is 24.1. The Balaban J connectivity index is 2.06. The van der Waals surface area contributed by atoms with Crippen LogP contribution >= 0.6 is 11.6 Å². The molecular formula is C13H15ClN2O. The van der Waals surface area contributed by atoms with E-state index in [9.17, 15) is 0 Å². The van der Waals surface area contributed by atoms with Crippen LogP contribution in [0.4, 0.5) is 0 Å². The van der Waals surface area contributed by atoms with E-state index in [1.807, 2.05) is 6.07 Å². The van der Waals surface area contributed by atoms with Crippen molar-refractivity contribution in [3.05, 3.63) is 28.8 Å². The second-order valence-corrected chi connectivity index (χ2v) is 4.76. The summed E-state index contributed by atoms with van der Waals surface area (Å²) in [6, 6.07) is 7.63. The van der Waals surface area contributed by atoms with Gasteiger partial charge in [-0.1, -0.05) is 17.7 Å². The molecule has 0 bridgehead atoms. The van der Waals surface area contributed by atoms with Crippen LogP contribution in [-0.4, -0.2) is 12.1 Å². The van der Waals surface area contributed by atoms with Crippen molar-refractivity contribution in [1.82, 2.24) is 0 Å². The van der Waals surface area contributed by atoms with Crippen molar-refractivity contribution in [1.29, 1.82) is 5.26 Å². The number of ether oxygens (including phenoxy) is 1. The molecule has 90 valence electrons. The van der Waals surface area contributed by atoms with Gasteiger partial charge in [-0.3, -0.25) is 0 Å². The van der Waals surface area contributed by atoms with Crippen molar-refractivity contribution in [2.45, 2.75) is 37.8 Å². The predicted molar refractivity (Wildman–Crippen MR) is 67.0 cm³/mol. The summed E-state index contributed by atoms with van der Waals surface area (Å²) in [4.78, 5) is 0. The number of nitriles is 1. The summed E-state index contributed by atoms with van der Waals surface area (Å²) in [6.07, 6.45) is 4.05. The Morgan fingerprint density at radius 1 is 1.29 bits per heavy atom. The summed E-state index contributed by atoms with van der Waals surface area (Å²) >= 11 is 6.08. The van der Waals surface area contributed by atoms with Crippen LogP contribution < -0.4 is 10.5 Å². The van der Waals surface area contributed by atoms with Crippen molar-refractivity contribution in [3.63, 3.8) is 0 Å². The van der Waals surface area contributed by atoms with Crippen LogP contribution in [0.15, 0.2) is 18.2 Å². The third-order valence-corrected chi connectivity index (χ3v) is 3.49. The smallest absolute Gasteiger partial charge is 0.139 e. The maximum absolute atomic E-state index is 8.88. The molecule has 2 rings (SSSR count). The molecule has 0 unspecified atom stereocenters. The molecular weight excluding hydrogens is 236 g/mol. The van der Waals surface area contributed by atoms with Crippen LogP contribution in [0, 0.1) is 11.3 Å². The fraction of sp³-hybridized carbons (Fsp3) is 0.462. The van der Waals surface area contributed by atoms with E-state index in [2.05, 4.69) is 0 Å². The lowest BCUT2D eigenvalue weighted by molar-refractivity contribution is 0.147. The molecule has 0 spiro atoms. The summed E-state index contributed by atoms with van der Waals surface area (Å²) in [5.41, 5.74) is 6.30. The molecule has 0 aliphatic heterocycles. The molecule has 1 aromatic rings. The van der Waals surface area contributed by atoms with E-state index in [1.54, 1.807) is 18.2 Å². The van der Waals surface area contributed by atoms with Crippen LogP contribution in [-0.2, 0) is 0 Å². The lowest BCUT2D eigenvalue weighted by atomic mass is 9.94. The first-order valence-corrected chi connectivity index (χ1v) is 6.19. The van der Waals surface area contributed by atoms with Crippen molar-refractivity contribution in [2.24, 2.45) is 5.73 Å². The second kappa shape index (κ2) is 5.39. The fourth-order valence-electron chi connectivity index (χ4n) is 2.07. The van der Waals surface area contributed by atoms with Gasteiger partial charge in [-0.25, -0.2) is 0 Å². The Morgan fingerprint density at radius 3 is 2.65 bits per heavy atom. The molecule has 1 fully saturated rings. The highest BCUT2D eigenvalue weighted by Crippen LogP contribution is 2.31. The zero-order valence-corrected chi connectivity index (χ0v) is 10.3. The summed E-state index contributed by atoms with van der Waals surface area (Å²) in [6.45, 7) is 0. The molecule has 2 N–H and O–H groups in total. The molecule has 0 atom stereocenters. The van der Waals surface area contributed by atoms with E-state index in [0.29, 0.717) is 22.4 Å². The number of rotatable bonds is 2. The average molecular weight is 251 g/mol. The molecule has 1 aliphatic rings. The minimum Gasteiger partial charge on any atom is -0.489 e. The van der Waals surface area contributed by atoms with E-state index in [0.717, 1.165) is 25.7 Å². The molecule has 3 nitrogen and oxygen atoms in total. The molecule has 1 aromatic carbocycles. The highest BCUT2D eigenvalue weighted by molar-refractivity contribution is 6.33. The molecule has 0 heterocycles. The van der Waals surface area contributed by atoms with E-state index in [4.69, 9.17) is 27.3 Å². The van der Waals surface area contributed by atoms with Crippen molar-refractivity contribution in [2.75, 3.05) is 0 Å². The van der Waals surface area contributed by atoms with Crippen molar-refractivity contribution >= 4 is 11.6 Å². The maximum atomic E-state index is 8.88. The Bertz CT molecular complexity index is 434. The highest BCUT2D eigenvalue weighted by Gasteiger charge is 2.21. The van der Waals surface area contributed by atoms with Gasteiger partial charge in [-0.15, -0.1) is 0 Å². The third kappa shape index (κ3) is 2.91. The lowest BCUT2D eigenvalue weighted by Gasteiger charge is -2.27. The van der Waals surface area contributed by atoms with Gasteiger partial charge in [0.1, 0.15) is 16.8 Å². The number of hydrogen-bond acceptors (Lipinski definition) is 3. The van der Waals surface area contributed by atoms with Gasteiger partial charge in [0.15, 0.2) is 0 Å². The Hall–Kier alpha value is -1.24. The second-order valence-electron chi connectivity index (χ2n) is 4.38.